The Labute approximate surface area is 161 Å². The van der Waals surface area contributed by atoms with E-state index in [1.807, 2.05) is 13.8 Å². The van der Waals surface area contributed by atoms with Gasteiger partial charge in [-0.2, -0.15) is 5.10 Å². The Hall–Kier alpha value is -3.15. The summed E-state index contributed by atoms with van der Waals surface area (Å²) in [6, 6.07) is 9.09. The van der Waals surface area contributed by atoms with Crippen molar-refractivity contribution in [2.45, 2.75) is 32.5 Å². The number of carbonyl (C=O) groups is 1. The molecule has 0 spiro atoms. The fourth-order valence-electron chi connectivity index (χ4n) is 3.41. The number of hydrogen-bond donors (Lipinski definition) is 2. The minimum atomic E-state index is -3.19. The van der Waals surface area contributed by atoms with Crippen molar-refractivity contribution in [2.24, 2.45) is 0 Å². The van der Waals surface area contributed by atoms with Crippen molar-refractivity contribution in [3.8, 4) is 5.69 Å². The van der Waals surface area contributed by atoms with Gasteiger partial charge in [0.25, 0.3) is 0 Å². The quantitative estimate of drug-likeness (QED) is 0.531. The van der Waals surface area contributed by atoms with Gasteiger partial charge in [-0.1, -0.05) is 13.8 Å². The molecule has 0 aliphatic heterocycles. The first-order chi connectivity index (χ1) is 14.5. The van der Waals surface area contributed by atoms with E-state index in [1.54, 1.807) is 35.0 Å². The summed E-state index contributed by atoms with van der Waals surface area (Å²) in [7, 11) is 0. The van der Waals surface area contributed by atoms with E-state index in [1.165, 1.54) is 12.1 Å². The zero-order valence-electron chi connectivity index (χ0n) is 18.7. The van der Waals surface area contributed by atoms with Gasteiger partial charge in [-0.05, 0) is 54.3 Å². The highest BCUT2D eigenvalue weighted by Gasteiger charge is 2.22. The van der Waals surface area contributed by atoms with Crippen LogP contribution in [0.25, 0.3) is 27.5 Å². The van der Waals surface area contributed by atoms with Gasteiger partial charge in [0.2, 0.25) is 0 Å². The Morgan fingerprint density at radius 2 is 2.07 bits per heavy atom. The third-order valence-corrected chi connectivity index (χ3v) is 4.49. The summed E-state index contributed by atoms with van der Waals surface area (Å²) >= 11 is 0. The Morgan fingerprint density at radius 3 is 2.74 bits per heavy atom. The molecule has 4 rings (SSSR count). The highest BCUT2D eigenvalue weighted by atomic mass is 19.1. The molecule has 5 nitrogen and oxygen atoms in total. The van der Waals surface area contributed by atoms with Crippen molar-refractivity contribution in [3.63, 3.8) is 0 Å². The van der Waals surface area contributed by atoms with Crippen molar-refractivity contribution in [1.29, 1.82) is 0 Å². The molecule has 0 aliphatic carbocycles. The third kappa shape index (κ3) is 2.97. The molecule has 6 heteroatoms. The van der Waals surface area contributed by atoms with Crippen LogP contribution in [0.4, 0.5) is 4.39 Å². The van der Waals surface area contributed by atoms with E-state index in [4.69, 9.17) is 5.48 Å². The molecule has 27 heavy (non-hydrogen) atoms. The molecule has 0 saturated heterocycles. The van der Waals surface area contributed by atoms with Gasteiger partial charge in [0.1, 0.15) is 5.82 Å². The molecule has 0 aliphatic rings. The number of H-pyrrole nitrogens is 1. The molecular formula is C21H20FN3O2. The molecule has 0 unspecified atom stereocenters. The van der Waals surface area contributed by atoms with Crippen molar-refractivity contribution >= 4 is 27.8 Å². The number of carboxylic acids is 1. The highest BCUT2D eigenvalue weighted by Crippen LogP contribution is 2.36. The molecule has 2 aromatic carbocycles. The van der Waals surface area contributed by atoms with Crippen LogP contribution in [0.3, 0.4) is 0 Å². The topological polar surface area (TPSA) is 70.9 Å². The molecule has 2 aromatic heterocycles. The SMILES string of the molecule is [2H]C([2H])(C(=O)O)C([2H])([2H])c1c(C(C)C)n(-c2ccc(F)cc2)c2cc3cn[nH]c3cc12. The van der Waals surface area contributed by atoms with Crippen molar-refractivity contribution in [1.82, 2.24) is 14.8 Å². The molecule has 0 amide bonds. The van der Waals surface area contributed by atoms with Crippen LogP contribution in [0, 0.1) is 5.82 Å². The molecule has 0 bridgehead atoms. The van der Waals surface area contributed by atoms with Gasteiger partial charge >= 0.3 is 5.97 Å². The Morgan fingerprint density at radius 1 is 1.33 bits per heavy atom. The summed E-state index contributed by atoms with van der Waals surface area (Å²) in [6.45, 7) is 3.63. The lowest BCUT2D eigenvalue weighted by atomic mass is 9.99. The van der Waals surface area contributed by atoms with Gasteiger partial charge < -0.3 is 9.67 Å². The lowest BCUT2D eigenvalue weighted by Crippen LogP contribution is -2.06. The molecule has 0 fully saturated rings. The minimum Gasteiger partial charge on any atom is -0.481 e. The van der Waals surface area contributed by atoms with Gasteiger partial charge in [-0.15, -0.1) is 0 Å². The second kappa shape index (κ2) is 6.54. The molecule has 2 heterocycles. The summed E-state index contributed by atoms with van der Waals surface area (Å²) in [6.07, 6.45) is -4.45. The maximum absolute atomic E-state index is 13.6. The lowest BCUT2D eigenvalue weighted by Gasteiger charge is -2.15. The third-order valence-electron chi connectivity index (χ3n) is 4.49. The van der Waals surface area contributed by atoms with E-state index in [9.17, 15) is 14.3 Å². The Bertz CT molecular complexity index is 1310. The van der Waals surface area contributed by atoms with E-state index in [0.29, 0.717) is 27.8 Å². The fraction of sp³-hybridized carbons (Fsp3) is 0.238. The number of carboxylic acid groups (broad SMARTS) is 1. The number of nitrogens with one attached hydrogen (secondary N) is 1. The lowest BCUT2D eigenvalue weighted by molar-refractivity contribution is -0.136. The number of halogens is 1. The summed E-state index contributed by atoms with van der Waals surface area (Å²) in [5.74, 6) is -2.62. The number of aromatic amines is 1. The van der Waals surface area contributed by atoms with Crippen molar-refractivity contribution < 1.29 is 19.8 Å². The zero-order valence-corrected chi connectivity index (χ0v) is 14.7. The van der Waals surface area contributed by atoms with E-state index >= 15 is 0 Å². The summed E-state index contributed by atoms with van der Waals surface area (Å²) in [5.41, 5.74) is 2.07. The predicted octanol–water partition coefficient (Wildman–Crippen LogP) is 4.79. The fourth-order valence-corrected chi connectivity index (χ4v) is 3.41. The van der Waals surface area contributed by atoms with E-state index < -0.39 is 24.5 Å². The molecule has 4 aromatic rings. The average Bonchev–Trinajstić information content (AvgIpc) is 3.28. The minimum absolute atomic E-state index is 0.0503. The van der Waals surface area contributed by atoms with Gasteiger partial charge in [0.05, 0.1) is 17.2 Å². The van der Waals surface area contributed by atoms with Gasteiger partial charge in [-0.25, -0.2) is 4.39 Å². The monoisotopic (exact) mass is 369 g/mol. The van der Waals surface area contributed by atoms with Crippen LogP contribution >= 0.6 is 0 Å². The smallest absolute Gasteiger partial charge is 0.303 e. The number of fused-ring (bicyclic) bond motifs is 2. The van der Waals surface area contributed by atoms with Crippen LogP contribution in [0.5, 0.6) is 0 Å². The average molecular weight is 369 g/mol. The molecule has 0 saturated carbocycles. The molecule has 0 atom stereocenters. The molecule has 2 N–H and O–H groups in total. The second-order valence-electron chi connectivity index (χ2n) is 6.61. The maximum Gasteiger partial charge on any atom is 0.303 e. The number of nitrogens with zero attached hydrogens (tertiary/aromatic N) is 2. The van der Waals surface area contributed by atoms with E-state index in [-0.39, 0.29) is 11.5 Å². The maximum atomic E-state index is 13.6. The number of aryl methyl sites for hydroxylation is 1. The summed E-state index contributed by atoms with van der Waals surface area (Å²) < 4.78 is 48.6. The van der Waals surface area contributed by atoms with Crippen LogP contribution in [0.1, 0.15) is 42.9 Å². The van der Waals surface area contributed by atoms with Crippen molar-refractivity contribution in [2.75, 3.05) is 0 Å². The molecular weight excluding hydrogens is 345 g/mol. The van der Waals surface area contributed by atoms with Crippen LogP contribution in [-0.4, -0.2) is 25.8 Å². The Kier molecular flexibility index (Phi) is 3.17. The van der Waals surface area contributed by atoms with Gasteiger partial charge in [0, 0.05) is 34.0 Å². The van der Waals surface area contributed by atoms with Crippen LogP contribution in [0.15, 0.2) is 42.6 Å². The first-order valence-electron chi connectivity index (χ1n) is 10.5. The zero-order chi connectivity index (χ0) is 22.7. The van der Waals surface area contributed by atoms with Crippen molar-refractivity contribution in [3.05, 3.63) is 59.7 Å². The van der Waals surface area contributed by atoms with E-state index in [2.05, 4.69) is 10.2 Å². The number of rotatable bonds is 5. The van der Waals surface area contributed by atoms with Gasteiger partial charge in [-0.3, -0.25) is 9.89 Å². The van der Waals surface area contributed by atoms with Crippen LogP contribution in [-0.2, 0) is 11.2 Å². The van der Waals surface area contributed by atoms with E-state index in [0.717, 1.165) is 5.39 Å². The highest BCUT2D eigenvalue weighted by molar-refractivity contribution is 5.98. The largest absolute Gasteiger partial charge is 0.481 e. The van der Waals surface area contributed by atoms with Crippen LogP contribution in [0.2, 0.25) is 0 Å². The Balaban J connectivity index is 2.20. The summed E-state index contributed by atoms with van der Waals surface area (Å²) in [5, 5.41) is 17.4. The number of benzene rings is 2. The summed E-state index contributed by atoms with van der Waals surface area (Å²) in [4.78, 5) is 11.7. The van der Waals surface area contributed by atoms with Gasteiger partial charge in [0.15, 0.2) is 0 Å². The van der Waals surface area contributed by atoms with Crippen LogP contribution < -0.4 is 0 Å². The molecule has 138 valence electrons. The normalized spacial score (nSPS) is 15.0. The molecule has 0 radical (unpaired) electrons. The number of aliphatic carboxylic acids is 1. The predicted molar refractivity (Wildman–Crippen MR) is 103 cm³/mol. The number of aromatic nitrogens is 3. The second-order valence-corrected chi connectivity index (χ2v) is 6.61. The first kappa shape index (κ1) is 13.1. The standard InChI is InChI=1S/C21H20FN3O2/c1-12(2)21-16(7-8-20(26)27)17-10-18-13(11-23-24-18)9-19(17)25(21)15-5-3-14(22)4-6-15/h3-6,9-12H,7-8H2,1-2H3,(H,23,24)(H,26,27)/i7D2,8D2. The first-order valence-corrected chi connectivity index (χ1v) is 8.48. The number of hydrogen-bond acceptors (Lipinski definition) is 2.